The number of methoxy groups -OCH3 is 1. The molecule has 0 spiro atoms. The Labute approximate surface area is 200 Å². The van der Waals surface area contributed by atoms with Crippen LogP contribution in [0.4, 0.5) is 0 Å². The van der Waals surface area contributed by atoms with E-state index >= 15 is 0 Å². The van der Waals surface area contributed by atoms with Gasteiger partial charge in [0.25, 0.3) is 0 Å². The van der Waals surface area contributed by atoms with Gasteiger partial charge in [0, 0.05) is 19.6 Å². The van der Waals surface area contributed by atoms with E-state index in [2.05, 4.69) is 17.0 Å². The zero-order chi connectivity index (χ0) is 23.8. The molecule has 3 aromatic rings. The molecule has 0 bridgehead atoms. The highest BCUT2D eigenvalue weighted by molar-refractivity contribution is 5.78. The molecule has 1 saturated heterocycles. The van der Waals surface area contributed by atoms with Gasteiger partial charge in [0.05, 0.1) is 32.9 Å². The summed E-state index contributed by atoms with van der Waals surface area (Å²) in [7, 11) is 1.65. The van der Waals surface area contributed by atoms with E-state index in [4.69, 9.17) is 13.9 Å². The quantitative estimate of drug-likeness (QED) is 0.497. The summed E-state index contributed by atoms with van der Waals surface area (Å²) < 4.78 is 17.3. The monoisotopic (exact) mass is 464 g/mol. The number of hydrogen-bond acceptors (Lipinski definition) is 6. The number of ether oxygens (including phenoxy) is 2. The highest BCUT2D eigenvalue weighted by Crippen LogP contribution is 2.18. The molecule has 4 rings (SSSR count). The van der Waals surface area contributed by atoms with Gasteiger partial charge in [0.1, 0.15) is 23.9 Å². The summed E-state index contributed by atoms with van der Waals surface area (Å²) in [6.07, 6.45) is 0.647. The molecule has 180 valence electrons. The van der Waals surface area contributed by atoms with Crippen molar-refractivity contribution in [1.82, 2.24) is 9.80 Å². The fourth-order valence-corrected chi connectivity index (χ4v) is 4.19. The molecular formula is C27H32N2O5. The minimum absolute atomic E-state index is 0.0809. The summed E-state index contributed by atoms with van der Waals surface area (Å²) in [6, 6.07) is 21.6. The van der Waals surface area contributed by atoms with Crippen molar-refractivity contribution in [2.24, 2.45) is 0 Å². The second kappa shape index (κ2) is 11.8. The van der Waals surface area contributed by atoms with Crippen LogP contribution in [0.5, 0.6) is 5.75 Å². The van der Waals surface area contributed by atoms with Gasteiger partial charge in [-0.2, -0.15) is 0 Å². The van der Waals surface area contributed by atoms with E-state index in [1.807, 2.05) is 53.4 Å². The smallest absolute Gasteiger partial charge is 0.236 e. The molecule has 0 saturated carbocycles. The van der Waals surface area contributed by atoms with Crippen LogP contribution in [-0.4, -0.2) is 60.2 Å². The van der Waals surface area contributed by atoms with Crippen LogP contribution in [0, 0.1) is 0 Å². The molecule has 1 aromatic heterocycles. The number of rotatable bonds is 10. The van der Waals surface area contributed by atoms with Gasteiger partial charge >= 0.3 is 0 Å². The molecule has 34 heavy (non-hydrogen) atoms. The number of aliphatic hydroxyl groups excluding tert-OH is 1. The minimum atomic E-state index is -0.152. The van der Waals surface area contributed by atoms with Gasteiger partial charge in [0.15, 0.2) is 0 Å². The lowest BCUT2D eigenvalue weighted by Crippen LogP contribution is -2.39. The van der Waals surface area contributed by atoms with Gasteiger partial charge in [0.2, 0.25) is 5.91 Å². The van der Waals surface area contributed by atoms with Crippen LogP contribution in [0.25, 0.3) is 0 Å². The maximum absolute atomic E-state index is 13.1. The topological polar surface area (TPSA) is 75.4 Å². The van der Waals surface area contributed by atoms with Crippen molar-refractivity contribution in [2.45, 2.75) is 32.3 Å². The molecule has 0 aliphatic carbocycles. The summed E-state index contributed by atoms with van der Waals surface area (Å²) in [5, 5.41) is 9.29. The molecule has 2 aromatic carbocycles. The van der Waals surface area contributed by atoms with Crippen molar-refractivity contribution in [3.63, 3.8) is 0 Å². The summed E-state index contributed by atoms with van der Waals surface area (Å²) in [5.74, 6) is 2.12. The van der Waals surface area contributed by atoms with Crippen molar-refractivity contribution in [1.29, 1.82) is 0 Å². The number of benzene rings is 2. The second-order valence-corrected chi connectivity index (χ2v) is 8.56. The lowest BCUT2D eigenvalue weighted by atomic mass is 10.1. The number of amides is 1. The molecule has 0 radical (unpaired) electrons. The van der Waals surface area contributed by atoms with Crippen LogP contribution in [-0.2, 0) is 35.7 Å². The first-order chi connectivity index (χ1) is 16.6. The third-order valence-electron chi connectivity index (χ3n) is 5.98. The molecule has 1 atom stereocenters. The van der Waals surface area contributed by atoms with E-state index in [9.17, 15) is 9.90 Å². The molecule has 1 N–H and O–H groups in total. The number of carbonyl (C=O) groups excluding carboxylic acids is 1. The predicted molar refractivity (Wildman–Crippen MR) is 128 cm³/mol. The minimum Gasteiger partial charge on any atom is -0.497 e. The summed E-state index contributed by atoms with van der Waals surface area (Å²) in [4.78, 5) is 17.1. The number of aliphatic hydroxyl groups is 1. The van der Waals surface area contributed by atoms with E-state index in [1.54, 1.807) is 13.2 Å². The summed E-state index contributed by atoms with van der Waals surface area (Å²) in [5.41, 5.74) is 2.23. The van der Waals surface area contributed by atoms with Crippen molar-refractivity contribution in [3.8, 4) is 5.75 Å². The Morgan fingerprint density at radius 2 is 1.79 bits per heavy atom. The molecule has 2 heterocycles. The van der Waals surface area contributed by atoms with Crippen molar-refractivity contribution in [3.05, 3.63) is 89.4 Å². The van der Waals surface area contributed by atoms with E-state index in [1.165, 1.54) is 5.56 Å². The molecule has 1 aliphatic rings. The predicted octanol–water partition coefficient (Wildman–Crippen LogP) is 3.25. The van der Waals surface area contributed by atoms with Crippen molar-refractivity contribution in [2.75, 3.05) is 33.3 Å². The highest BCUT2D eigenvalue weighted by atomic mass is 16.5. The average molecular weight is 465 g/mol. The van der Waals surface area contributed by atoms with Crippen LogP contribution in [0.2, 0.25) is 0 Å². The molecule has 1 amide bonds. The van der Waals surface area contributed by atoms with Gasteiger partial charge in [-0.3, -0.25) is 9.69 Å². The van der Waals surface area contributed by atoms with Gasteiger partial charge in [-0.15, -0.1) is 0 Å². The molecule has 7 nitrogen and oxygen atoms in total. The average Bonchev–Trinajstić information content (AvgIpc) is 3.26. The van der Waals surface area contributed by atoms with Crippen LogP contribution in [0.3, 0.4) is 0 Å². The number of carbonyl (C=O) groups is 1. The standard InChI is InChI=1S/C27H32N2O5/c1-32-23-9-5-8-22(14-23)20-33-26-16-28(15-24-10-11-25(19-30)34-24)18-27(31)29(17-26)13-12-21-6-3-2-4-7-21/h2-11,14,26,30H,12-13,15-20H2,1H3. The third kappa shape index (κ3) is 6.70. The molecule has 7 heteroatoms. The zero-order valence-corrected chi connectivity index (χ0v) is 19.6. The van der Waals surface area contributed by atoms with Crippen LogP contribution < -0.4 is 4.74 Å². The van der Waals surface area contributed by atoms with Crippen molar-refractivity contribution < 1.29 is 23.8 Å². The Bertz CT molecular complexity index is 1050. The molecule has 1 unspecified atom stereocenters. The van der Waals surface area contributed by atoms with E-state index in [0.29, 0.717) is 45.1 Å². The number of furan rings is 1. The normalized spacial score (nSPS) is 17.1. The summed E-state index contributed by atoms with van der Waals surface area (Å²) >= 11 is 0. The number of nitrogens with zero attached hydrogens (tertiary/aromatic N) is 2. The lowest BCUT2D eigenvalue weighted by molar-refractivity contribution is -0.131. The highest BCUT2D eigenvalue weighted by Gasteiger charge is 2.29. The first-order valence-corrected chi connectivity index (χ1v) is 11.6. The van der Waals surface area contributed by atoms with Gasteiger partial charge < -0.3 is 23.9 Å². The number of hydrogen-bond donors (Lipinski definition) is 1. The van der Waals surface area contributed by atoms with E-state index in [-0.39, 0.29) is 18.6 Å². The van der Waals surface area contributed by atoms with Crippen molar-refractivity contribution >= 4 is 5.91 Å². The molecular weight excluding hydrogens is 432 g/mol. The van der Waals surface area contributed by atoms with Crippen LogP contribution in [0.15, 0.2) is 71.1 Å². The Balaban J connectivity index is 1.45. The third-order valence-corrected chi connectivity index (χ3v) is 5.98. The maximum Gasteiger partial charge on any atom is 0.236 e. The van der Waals surface area contributed by atoms with Crippen LogP contribution >= 0.6 is 0 Å². The second-order valence-electron chi connectivity index (χ2n) is 8.56. The van der Waals surface area contributed by atoms with Gasteiger partial charge in [-0.1, -0.05) is 42.5 Å². The lowest BCUT2D eigenvalue weighted by Gasteiger charge is -2.25. The summed E-state index contributed by atoms with van der Waals surface area (Å²) in [6.45, 7) is 2.86. The Hall–Kier alpha value is -3.13. The SMILES string of the molecule is COc1cccc(COC2CN(Cc3ccc(CO)o3)CC(=O)N(CCc3ccccc3)C2)c1. The Morgan fingerprint density at radius 3 is 2.56 bits per heavy atom. The van der Waals surface area contributed by atoms with Gasteiger partial charge in [-0.05, 0) is 41.8 Å². The van der Waals surface area contributed by atoms with Gasteiger partial charge in [-0.25, -0.2) is 0 Å². The van der Waals surface area contributed by atoms with E-state index < -0.39 is 0 Å². The largest absolute Gasteiger partial charge is 0.497 e. The Morgan fingerprint density at radius 1 is 1.00 bits per heavy atom. The first kappa shape index (κ1) is 24.0. The fraction of sp³-hybridized carbons (Fsp3) is 0.370. The molecule has 1 fully saturated rings. The van der Waals surface area contributed by atoms with E-state index in [0.717, 1.165) is 23.5 Å². The fourth-order valence-electron chi connectivity index (χ4n) is 4.19. The molecule has 1 aliphatic heterocycles. The van der Waals surface area contributed by atoms with Crippen LogP contribution in [0.1, 0.15) is 22.6 Å². The maximum atomic E-state index is 13.1. The first-order valence-electron chi connectivity index (χ1n) is 11.6. The Kier molecular flexibility index (Phi) is 8.36. The zero-order valence-electron chi connectivity index (χ0n) is 19.6.